The number of hydrogen-bond acceptors (Lipinski definition) is 3. The molecule has 1 heterocycles. The van der Waals surface area contributed by atoms with Gasteiger partial charge in [-0.3, -0.25) is 9.59 Å². The summed E-state index contributed by atoms with van der Waals surface area (Å²) in [7, 11) is 0. The molecule has 0 aliphatic rings. The lowest BCUT2D eigenvalue weighted by molar-refractivity contribution is -0.120. The topological polar surface area (TPSA) is 58.2 Å². The molecule has 0 radical (unpaired) electrons. The van der Waals surface area contributed by atoms with Crippen molar-refractivity contribution < 1.29 is 9.59 Å². The number of nitrogens with one attached hydrogen (secondary N) is 2. The highest BCUT2D eigenvalue weighted by atomic mass is 79.9. The highest BCUT2D eigenvalue weighted by Crippen LogP contribution is 2.21. The van der Waals surface area contributed by atoms with Crippen LogP contribution in [0, 0.1) is 0 Å². The zero-order valence-corrected chi connectivity index (χ0v) is 15.2. The Hall–Kier alpha value is -1.66. The van der Waals surface area contributed by atoms with Crippen molar-refractivity contribution in [2.24, 2.45) is 0 Å². The van der Waals surface area contributed by atoms with Crippen LogP contribution in [0.3, 0.4) is 0 Å². The van der Waals surface area contributed by atoms with Crippen LogP contribution < -0.4 is 10.6 Å². The standard InChI is InChI=1S/C17H19BrN2O2S/c1-2-12(13-6-4-3-5-7-13)10-19-16(21)11-20-17(22)14-8-9-15(18)23-14/h3-9,12H,2,10-11H2,1H3,(H,19,21)(H,20,22)/t12-/m0/s1. The monoisotopic (exact) mass is 394 g/mol. The molecule has 1 aromatic heterocycles. The first kappa shape index (κ1) is 17.7. The van der Waals surface area contributed by atoms with Gasteiger partial charge < -0.3 is 10.6 Å². The summed E-state index contributed by atoms with van der Waals surface area (Å²) < 4.78 is 0.890. The van der Waals surface area contributed by atoms with Gasteiger partial charge in [0.25, 0.3) is 5.91 Å². The second-order valence-corrected chi connectivity index (χ2v) is 7.57. The van der Waals surface area contributed by atoms with Crippen molar-refractivity contribution in [2.45, 2.75) is 19.3 Å². The minimum Gasteiger partial charge on any atom is -0.354 e. The molecule has 122 valence electrons. The predicted molar refractivity (Wildman–Crippen MR) is 96.8 cm³/mol. The summed E-state index contributed by atoms with van der Waals surface area (Å²) >= 11 is 4.65. The van der Waals surface area contributed by atoms with Gasteiger partial charge in [0.15, 0.2) is 0 Å². The summed E-state index contributed by atoms with van der Waals surface area (Å²) in [6.07, 6.45) is 0.944. The molecule has 0 fully saturated rings. The van der Waals surface area contributed by atoms with Gasteiger partial charge in [-0.1, -0.05) is 37.3 Å². The van der Waals surface area contributed by atoms with Crippen LogP contribution in [0.2, 0.25) is 0 Å². The van der Waals surface area contributed by atoms with Crippen LogP contribution in [-0.2, 0) is 4.79 Å². The van der Waals surface area contributed by atoms with E-state index in [2.05, 4.69) is 45.6 Å². The lowest BCUT2D eigenvalue weighted by atomic mass is 9.96. The summed E-state index contributed by atoms with van der Waals surface area (Å²) in [6.45, 7) is 2.65. The smallest absolute Gasteiger partial charge is 0.261 e. The summed E-state index contributed by atoms with van der Waals surface area (Å²) in [5, 5.41) is 5.52. The third kappa shape index (κ3) is 5.48. The molecule has 2 rings (SSSR count). The summed E-state index contributed by atoms with van der Waals surface area (Å²) in [5.41, 5.74) is 1.21. The van der Waals surface area contributed by atoms with Crippen molar-refractivity contribution in [3.05, 3.63) is 56.7 Å². The number of thiophene rings is 1. The molecule has 4 nitrogen and oxygen atoms in total. The van der Waals surface area contributed by atoms with E-state index >= 15 is 0 Å². The number of amides is 2. The molecule has 0 aliphatic carbocycles. The van der Waals surface area contributed by atoms with Crippen LogP contribution in [0.4, 0.5) is 0 Å². The van der Waals surface area contributed by atoms with Crippen molar-refractivity contribution in [3.63, 3.8) is 0 Å². The lowest BCUT2D eigenvalue weighted by Crippen LogP contribution is -2.38. The molecule has 1 aromatic carbocycles. The van der Waals surface area contributed by atoms with Gasteiger partial charge in [-0.15, -0.1) is 11.3 Å². The normalized spacial score (nSPS) is 11.7. The zero-order valence-electron chi connectivity index (χ0n) is 12.8. The molecule has 0 aliphatic heterocycles. The van der Waals surface area contributed by atoms with Crippen LogP contribution >= 0.6 is 27.3 Å². The average molecular weight is 395 g/mol. The third-order valence-electron chi connectivity index (χ3n) is 3.52. The lowest BCUT2D eigenvalue weighted by Gasteiger charge is -2.16. The number of benzene rings is 1. The Labute approximate surface area is 148 Å². The molecule has 0 spiro atoms. The Bertz CT molecular complexity index is 658. The van der Waals surface area contributed by atoms with Crippen LogP contribution in [0.15, 0.2) is 46.3 Å². The molecule has 2 N–H and O–H groups in total. The Balaban J connectivity index is 1.77. The molecule has 0 bridgehead atoms. The minimum atomic E-state index is -0.231. The van der Waals surface area contributed by atoms with Crippen LogP contribution in [0.1, 0.15) is 34.5 Å². The fraction of sp³-hybridized carbons (Fsp3) is 0.294. The van der Waals surface area contributed by atoms with Crippen molar-refractivity contribution in [1.29, 1.82) is 0 Å². The third-order valence-corrected chi connectivity index (χ3v) is 5.14. The zero-order chi connectivity index (χ0) is 16.7. The number of halogens is 1. The minimum absolute atomic E-state index is 0.0143. The first-order chi connectivity index (χ1) is 11.1. The van der Waals surface area contributed by atoms with Gasteiger partial charge in [0, 0.05) is 12.5 Å². The van der Waals surface area contributed by atoms with Crippen LogP contribution in [0.25, 0.3) is 0 Å². The molecule has 2 aromatic rings. The van der Waals surface area contributed by atoms with Crippen molar-refractivity contribution in [2.75, 3.05) is 13.1 Å². The van der Waals surface area contributed by atoms with E-state index in [0.717, 1.165) is 10.2 Å². The maximum atomic E-state index is 11.9. The molecular formula is C17H19BrN2O2S. The molecule has 23 heavy (non-hydrogen) atoms. The van der Waals surface area contributed by atoms with Gasteiger partial charge in [-0.05, 0) is 40.0 Å². The molecular weight excluding hydrogens is 376 g/mol. The summed E-state index contributed by atoms with van der Waals surface area (Å²) in [4.78, 5) is 24.4. The van der Waals surface area contributed by atoms with E-state index in [1.165, 1.54) is 16.9 Å². The van der Waals surface area contributed by atoms with E-state index in [1.54, 1.807) is 6.07 Å². The van der Waals surface area contributed by atoms with E-state index in [4.69, 9.17) is 0 Å². The predicted octanol–water partition coefficient (Wildman–Crippen LogP) is 3.55. The number of carbonyl (C=O) groups excluding carboxylic acids is 2. The van der Waals surface area contributed by atoms with Gasteiger partial charge in [0.05, 0.1) is 15.2 Å². The molecule has 0 saturated heterocycles. The number of rotatable bonds is 7. The SMILES string of the molecule is CC[C@@H](CNC(=O)CNC(=O)c1ccc(Br)s1)c1ccccc1. The van der Waals surface area contributed by atoms with Gasteiger partial charge >= 0.3 is 0 Å². The maximum Gasteiger partial charge on any atom is 0.261 e. The highest BCUT2D eigenvalue weighted by molar-refractivity contribution is 9.11. The molecule has 2 amide bonds. The van der Waals surface area contributed by atoms with E-state index in [1.807, 2.05) is 24.3 Å². The quantitative estimate of drug-likeness (QED) is 0.754. The average Bonchev–Trinajstić information content (AvgIpc) is 3.01. The van der Waals surface area contributed by atoms with Gasteiger partial charge in [-0.25, -0.2) is 0 Å². The van der Waals surface area contributed by atoms with E-state index in [-0.39, 0.29) is 24.3 Å². The largest absolute Gasteiger partial charge is 0.354 e. The molecule has 1 atom stereocenters. The Kier molecular flexibility index (Phi) is 6.80. The number of carbonyl (C=O) groups is 2. The first-order valence-corrected chi connectivity index (χ1v) is 9.06. The van der Waals surface area contributed by atoms with E-state index in [0.29, 0.717) is 11.4 Å². The molecule has 6 heteroatoms. The summed E-state index contributed by atoms with van der Waals surface area (Å²) in [6, 6.07) is 13.6. The van der Waals surface area contributed by atoms with Crippen LogP contribution in [0.5, 0.6) is 0 Å². The van der Waals surface area contributed by atoms with Gasteiger partial charge in [0.2, 0.25) is 5.91 Å². The second kappa shape index (κ2) is 8.84. The van der Waals surface area contributed by atoms with Gasteiger partial charge in [0.1, 0.15) is 0 Å². The fourth-order valence-electron chi connectivity index (χ4n) is 2.21. The van der Waals surface area contributed by atoms with Crippen molar-refractivity contribution in [3.8, 4) is 0 Å². The second-order valence-electron chi connectivity index (χ2n) is 5.11. The molecule has 0 saturated carbocycles. The van der Waals surface area contributed by atoms with Crippen molar-refractivity contribution in [1.82, 2.24) is 10.6 Å². The highest BCUT2D eigenvalue weighted by Gasteiger charge is 2.13. The van der Waals surface area contributed by atoms with Crippen LogP contribution in [-0.4, -0.2) is 24.9 Å². The first-order valence-electron chi connectivity index (χ1n) is 7.45. The Morgan fingerprint density at radius 1 is 1.13 bits per heavy atom. The summed E-state index contributed by atoms with van der Waals surface area (Å²) in [5.74, 6) is -0.126. The molecule has 0 unspecified atom stereocenters. The van der Waals surface area contributed by atoms with Gasteiger partial charge in [-0.2, -0.15) is 0 Å². The number of hydrogen-bond donors (Lipinski definition) is 2. The Morgan fingerprint density at radius 3 is 2.48 bits per heavy atom. The van der Waals surface area contributed by atoms with E-state index in [9.17, 15) is 9.59 Å². The van der Waals surface area contributed by atoms with E-state index < -0.39 is 0 Å². The van der Waals surface area contributed by atoms with Crippen molar-refractivity contribution >= 4 is 39.1 Å². The maximum absolute atomic E-state index is 11.9. The fourth-order valence-corrected chi connectivity index (χ4v) is 3.51. The Morgan fingerprint density at radius 2 is 1.87 bits per heavy atom.